The van der Waals surface area contributed by atoms with E-state index in [9.17, 15) is 8.42 Å². The maximum atomic E-state index is 12.4. The van der Waals surface area contributed by atoms with Crippen LogP contribution in [0.2, 0.25) is 0 Å². The van der Waals surface area contributed by atoms with Gasteiger partial charge in [-0.3, -0.25) is 0 Å². The summed E-state index contributed by atoms with van der Waals surface area (Å²) < 4.78 is 27.2. The Balaban J connectivity index is 2.45. The molecule has 0 aliphatic rings. The van der Waals surface area contributed by atoms with Gasteiger partial charge in [0.25, 0.3) is 10.0 Å². The number of hydrogen-bond donors (Lipinski definition) is 2. The van der Waals surface area contributed by atoms with E-state index in [1.54, 1.807) is 39.1 Å². The van der Waals surface area contributed by atoms with E-state index >= 15 is 0 Å². The monoisotopic (exact) mass is 292 g/mol. The molecule has 0 spiro atoms. The maximum Gasteiger partial charge on any atom is 0.264 e. The van der Waals surface area contributed by atoms with Crippen molar-refractivity contribution in [2.45, 2.75) is 18.7 Å². The normalized spacial score (nSPS) is 11.2. The zero-order chi connectivity index (χ0) is 14.8. The van der Waals surface area contributed by atoms with Crippen molar-refractivity contribution in [3.8, 4) is 0 Å². The SMILES string of the molecule is CNc1cc(C)c(S(=O)(=O)Nc2ncccn2)c(C)c1. The molecule has 106 valence electrons. The summed E-state index contributed by atoms with van der Waals surface area (Å²) in [6, 6.07) is 5.19. The second kappa shape index (κ2) is 5.46. The third kappa shape index (κ3) is 2.88. The number of hydrogen-bond acceptors (Lipinski definition) is 5. The van der Waals surface area contributed by atoms with Gasteiger partial charge in [0.1, 0.15) is 0 Å². The van der Waals surface area contributed by atoms with Crippen LogP contribution in [0.4, 0.5) is 11.6 Å². The summed E-state index contributed by atoms with van der Waals surface area (Å²) in [4.78, 5) is 7.99. The summed E-state index contributed by atoms with van der Waals surface area (Å²) in [5, 5.41) is 3.00. The number of benzene rings is 1. The molecular formula is C13H16N4O2S. The minimum atomic E-state index is -3.70. The number of nitrogens with zero attached hydrogens (tertiary/aromatic N) is 2. The lowest BCUT2D eigenvalue weighted by molar-refractivity contribution is 0.599. The molecule has 20 heavy (non-hydrogen) atoms. The smallest absolute Gasteiger partial charge is 0.264 e. The molecule has 1 heterocycles. The van der Waals surface area contributed by atoms with E-state index in [1.807, 2.05) is 0 Å². The standard InChI is InChI=1S/C13H16N4O2S/c1-9-7-11(14-3)8-10(2)12(9)20(18,19)17-13-15-5-4-6-16-13/h4-8,14H,1-3H3,(H,15,16,17). The lowest BCUT2D eigenvalue weighted by Gasteiger charge is -2.13. The van der Waals surface area contributed by atoms with Gasteiger partial charge >= 0.3 is 0 Å². The number of anilines is 2. The summed E-state index contributed by atoms with van der Waals surface area (Å²) in [7, 11) is -1.91. The number of aryl methyl sites for hydroxylation is 2. The molecule has 7 heteroatoms. The Kier molecular flexibility index (Phi) is 3.89. The first-order valence-electron chi connectivity index (χ1n) is 6.03. The van der Waals surface area contributed by atoms with Crippen LogP contribution in [0.1, 0.15) is 11.1 Å². The van der Waals surface area contributed by atoms with Crippen LogP contribution in [0.5, 0.6) is 0 Å². The molecule has 1 aromatic carbocycles. The van der Waals surface area contributed by atoms with Gasteiger partial charge in [0.05, 0.1) is 4.90 Å². The third-order valence-electron chi connectivity index (χ3n) is 2.81. The van der Waals surface area contributed by atoms with Gasteiger partial charge in [-0.2, -0.15) is 0 Å². The van der Waals surface area contributed by atoms with E-state index in [0.29, 0.717) is 11.1 Å². The molecular weight excluding hydrogens is 276 g/mol. The largest absolute Gasteiger partial charge is 0.388 e. The summed E-state index contributed by atoms with van der Waals surface area (Å²) in [5.74, 6) is 0.0593. The van der Waals surface area contributed by atoms with Gasteiger partial charge < -0.3 is 5.32 Å². The Morgan fingerprint density at radius 1 is 1.05 bits per heavy atom. The van der Waals surface area contributed by atoms with Crippen LogP contribution >= 0.6 is 0 Å². The van der Waals surface area contributed by atoms with Gasteiger partial charge in [-0.05, 0) is 43.2 Å². The molecule has 0 amide bonds. The zero-order valence-corrected chi connectivity index (χ0v) is 12.3. The lowest BCUT2D eigenvalue weighted by Crippen LogP contribution is -2.17. The van der Waals surface area contributed by atoms with Crippen LogP contribution in [-0.2, 0) is 10.0 Å². The van der Waals surface area contributed by atoms with Crippen LogP contribution in [0, 0.1) is 13.8 Å². The van der Waals surface area contributed by atoms with Crippen molar-refractivity contribution in [2.75, 3.05) is 17.1 Å². The van der Waals surface area contributed by atoms with E-state index in [4.69, 9.17) is 0 Å². The van der Waals surface area contributed by atoms with Crippen LogP contribution in [0.3, 0.4) is 0 Å². The van der Waals surface area contributed by atoms with E-state index in [-0.39, 0.29) is 10.8 Å². The first-order chi connectivity index (χ1) is 9.44. The minimum Gasteiger partial charge on any atom is -0.388 e. The van der Waals surface area contributed by atoms with Crippen molar-refractivity contribution in [1.82, 2.24) is 9.97 Å². The molecule has 0 aliphatic heterocycles. The quantitative estimate of drug-likeness (QED) is 0.899. The molecule has 2 rings (SSSR count). The Hall–Kier alpha value is -2.15. The van der Waals surface area contributed by atoms with Crippen LogP contribution in [0.15, 0.2) is 35.5 Å². The average molecular weight is 292 g/mol. The molecule has 2 N–H and O–H groups in total. The van der Waals surface area contributed by atoms with Crippen molar-refractivity contribution < 1.29 is 8.42 Å². The van der Waals surface area contributed by atoms with Gasteiger partial charge in [-0.15, -0.1) is 0 Å². The fraction of sp³-hybridized carbons (Fsp3) is 0.231. The number of aromatic nitrogens is 2. The summed E-state index contributed by atoms with van der Waals surface area (Å²) in [6.45, 7) is 3.52. The maximum absolute atomic E-state index is 12.4. The molecule has 0 aliphatic carbocycles. The van der Waals surface area contributed by atoms with Crippen molar-refractivity contribution in [2.24, 2.45) is 0 Å². The first kappa shape index (κ1) is 14.3. The molecule has 0 fully saturated rings. The Morgan fingerprint density at radius 3 is 2.10 bits per heavy atom. The molecule has 2 aromatic rings. The topological polar surface area (TPSA) is 84.0 Å². The van der Waals surface area contributed by atoms with Gasteiger partial charge in [-0.25, -0.2) is 23.1 Å². The van der Waals surface area contributed by atoms with Crippen molar-refractivity contribution in [1.29, 1.82) is 0 Å². The first-order valence-corrected chi connectivity index (χ1v) is 7.51. The van der Waals surface area contributed by atoms with E-state index < -0.39 is 10.0 Å². The van der Waals surface area contributed by atoms with Crippen LogP contribution < -0.4 is 10.0 Å². The minimum absolute atomic E-state index is 0.0593. The molecule has 0 saturated heterocycles. The highest BCUT2D eigenvalue weighted by molar-refractivity contribution is 7.92. The van der Waals surface area contributed by atoms with Gasteiger partial charge in [0, 0.05) is 25.1 Å². The highest BCUT2D eigenvalue weighted by Gasteiger charge is 2.21. The number of rotatable bonds is 4. The number of sulfonamides is 1. The molecule has 0 radical (unpaired) electrons. The van der Waals surface area contributed by atoms with E-state index in [0.717, 1.165) is 5.69 Å². The highest BCUT2D eigenvalue weighted by atomic mass is 32.2. The molecule has 0 unspecified atom stereocenters. The predicted octanol–water partition coefficient (Wildman–Crippen LogP) is 1.94. The van der Waals surface area contributed by atoms with Gasteiger partial charge in [0.15, 0.2) is 0 Å². The summed E-state index contributed by atoms with van der Waals surface area (Å²) in [5.41, 5.74) is 2.20. The second-order valence-electron chi connectivity index (χ2n) is 4.37. The summed E-state index contributed by atoms with van der Waals surface area (Å²) in [6.07, 6.45) is 2.96. The Morgan fingerprint density at radius 2 is 1.60 bits per heavy atom. The average Bonchev–Trinajstić information content (AvgIpc) is 2.37. The number of nitrogens with one attached hydrogen (secondary N) is 2. The van der Waals surface area contributed by atoms with E-state index in [1.165, 1.54) is 12.4 Å². The molecule has 0 saturated carbocycles. The molecule has 1 aromatic heterocycles. The fourth-order valence-electron chi connectivity index (χ4n) is 2.04. The van der Waals surface area contributed by atoms with Crippen molar-refractivity contribution in [3.05, 3.63) is 41.7 Å². The van der Waals surface area contributed by atoms with Gasteiger partial charge in [0.2, 0.25) is 5.95 Å². The van der Waals surface area contributed by atoms with Crippen LogP contribution in [-0.4, -0.2) is 25.4 Å². The Labute approximate surface area is 118 Å². The van der Waals surface area contributed by atoms with Crippen LogP contribution in [0.25, 0.3) is 0 Å². The van der Waals surface area contributed by atoms with Gasteiger partial charge in [-0.1, -0.05) is 0 Å². The lowest BCUT2D eigenvalue weighted by atomic mass is 10.1. The fourth-order valence-corrected chi connectivity index (χ4v) is 3.45. The summed E-state index contributed by atoms with van der Waals surface area (Å²) >= 11 is 0. The second-order valence-corrected chi connectivity index (χ2v) is 5.99. The van der Waals surface area contributed by atoms with E-state index in [2.05, 4.69) is 20.0 Å². The highest BCUT2D eigenvalue weighted by Crippen LogP contribution is 2.25. The molecule has 0 atom stereocenters. The molecule has 6 nitrogen and oxygen atoms in total. The Bertz CT molecular complexity index is 691. The third-order valence-corrected chi connectivity index (χ3v) is 4.44. The molecule has 0 bridgehead atoms. The zero-order valence-electron chi connectivity index (χ0n) is 11.5. The van der Waals surface area contributed by atoms with Crippen molar-refractivity contribution >= 4 is 21.7 Å². The van der Waals surface area contributed by atoms with Crippen molar-refractivity contribution in [3.63, 3.8) is 0 Å². The predicted molar refractivity (Wildman–Crippen MR) is 78.3 cm³/mol.